The first-order chi connectivity index (χ1) is 11.7. The van der Waals surface area contributed by atoms with E-state index in [9.17, 15) is 10.2 Å². The average Bonchev–Trinajstić information content (AvgIpc) is 2.59. The number of rotatable bonds is 7. The molecule has 0 fully saturated rings. The van der Waals surface area contributed by atoms with Crippen LogP contribution in [0.1, 0.15) is 24.5 Å². The Balaban J connectivity index is 0.00000312. The molecular formula is C20H22CoN2O2. The summed E-state index contributed by atoms with van der Waals surface area (Å²) in [6.07, 6.45) is 8.13. The molecule has 2 rings (SSSR count). The minimum Gasteiger partial charge on any atom is -0.507 e. The molecule has 2 aromatic carbocycles. The molecule has 0 saturated carbocycles. The van der Waals surface area contributed by atoms with E-state index < -0.39 is 0 Å². The predicted octanol–water partition coefficient (Wildman–Crippen LogP) is 3.97. The van der Waals surface area contributed by atoms with Crippen molar-refractivity contribution in [2.24, 2.45) is 9.98 Å². The van der Waals surface area contributed by atoms with E-state index in [4.69, 9.17) is 0 Å². The summed E-state index contributed by atoms with van der Waals surface area (Å²) in [5.74, 6) is 0.424. The summed E-state index contributed by atoms with van der Waals surface area (Å²) in [7, 11) is 0. The number of phenols is 2. The van der Waals surface area contributed by atoms with Crippen molar-refractivity contribution in [1.82, 2.24) is 0 Å². The Morgan fingerprint density at radius 2 is 1.48 bits per heavy atom. The van der Waals surface area contributed by atoms with Gasteiger partial charge in [-0.3, -0.25) is 9.98 Å². The SMILES string of the molecule is C/C=C/CC(CN=Cc1ccccc1O)N=Cc1ccccc1O.[Co]. The molecule has 0 aliphatic rings. The first-order valence-corrected chi connectivity index (χ1v) is 7.91. The molecule has 0 bridgehead atoms. The standard InChI is InChI=1S/C20H22N2O2.Co/c1-2-3-10-18(22-14-17-9-5-7-12-20(17)24)15-21-13-16-8-4-6-11-19(16)23;/h2-9,11-14,18,23-24H,10,15H2,1H3;/b3-2+,21-13?,22-14?;. The number of para-hydroxylation sites is 2. The summed E-state index contributed by atoms with van der Waals surface area (Å²) in [5.41, 5.74) is 1.37. The van der Waals surface area contributed by atoms with E-state index in [1.165, 1.54) is 0 Å². The molecule has 2 N–H and O–H groups in total. The Bertz CT molecular complexity index is 742. The number of phenolic OH excluding ortho intramolecular Hbond substituents is 2. The van der Waals surface area contributed by atoms with Crippen molar-refractivity contribution < 1.29 is 27.0 Å². The molecular weight excluding hydrogens is 359 g/mol. The summed E-state index contributed by atoms with van der Waals surface area (Å²) in [6, 6.07) is 14.1. The van der Waals surface area contributed by atoms with Crippen molar-refractivity contribution in [3.8, 4) is 11.5 Å². The number of aromatic hydroxyl groups is 2. The largest absolute Gasteiger partial charge is 0.507 e. The van der Waals surface area contributed by atoms with E-state index in [2.05, 4.69) is 9.98 Å². The van der Waals surface area contributed by atoms with Crippen LogP contribution in [0.3, 0.4) is 0 Å². The third-order valence-electron chi connectivity index (χ3n) is 3.49. The van der Waals surface area contributed by atoms with Gasteiger partial charge >= 0.3 is 0 Å². The van der Waals surface area contributed by atoms with Crippen LogP contribution in [-0.2, 0) is 16.8 Å². The van der Waals surface area contributed by atoms with E-state index in [1.54, 1.807) is 36.7 Å². The molecule has 0 amide bonds. The minimum atomic E-state index is -0.0251. The van der Waals surface area contributed by atoms with Gasteiger partial charge in [0.1, 0.15) is 11.5 Å². The van der Waals surface area contributed by atoms with Crippen molar-refractivity contribution in [2.75, 3.05) is 6.54 Å². The van der Waals surface area contributed by atoms with Crippen LogP contribution in [0.2, 0.25) is 0 Å². The second kappa shape index (κ2) is 11.2. The van der Waals surface area contributed by atoms with Crippen LogP contribution >= 0.6 is 0 Å². The van der Waals surface area contributed by atoms with Gasteiger partial charge in [0.15, 0.2) is 0 Å². The molecule has 1 unspecified atom stereocenters. The number of benzene rings is 2. The van der Waals surface area contributed by atoms with Gasteiger partial charge in [-0.05, 0) is 37.6 Å². The molecule has 2 aromatic rings. The zero-order chi connectivity index (χ0) is 17.2. The van der Waals surface area contributed by atoms with Gasteiger partial charge < -0.3 is 10.2 Å². The van der Waals surface area contributed by atoms with E-state index >= 15 is 0 Å². The molecule has 133 valence electrons. The molecule has 4 nitrogen and oxygen atoms in total. The topological polar surface area (TPSA) is 65.2 Å². The summed E-state index contributed by atoms with van der Waals surface area (Å²) in [5, 5.41) is 19.5. The van der Waals surface area contributed by atoms with Gasteiger partial charge in [0.05, 0.1) is 12.6 Å². The molecule has 0 aliphatic heterocycles. The van der Waals surface area contributed by atoms with Crippen LogP contribution in [0, 0.1) is 0 Å². The maximum atomic E-state index is 9.79. The maximum Gasteiger partial charge on any atom is 0.124 e. The van der Waals surface area contributed by atoms with Crippen LogP contribution in [0.5, 0.6) is 11.5 Å². The smallest absolute Gasteiger partial charge is 0.124 e. The van der Waals surface area contributed by atoms with E-state index in [0.29, 0.717) is 17.7 Å². The van der Waals surface area contributed by atoms with Crippen molar-refractivity contribution in [1.29, 1.82) is 0 Å². The van der Waals surface area contributed by atoms with Crippen molar-refractivity contribution in [3.63, 3.8) is 0 Å². The third kappa shape index (κ3) is 6.95. The maximum absolute atomic E-state index is 9.79. The molecule has 1 radical (unpaired) electrons. The molecule has 0 saturated heterocycles. The Labute approximate surface area is 158 Å². The van der Waals surface area contributed by atoms with Crippen LogP contribution in [-0.4, -0.2) is 35.2 Å². The first-order valence-electron chi connectivity index (χ1n) is 7.91. The van der Waals surface area contributed by atoms with E-state index in [1.807, 2.05) is 43.3 Å². The quantitative estimate of drug-likeness (QED) is 0.563. The third-order valence-corrected chi connectivity index (χ3v) is 3.49. The number of hydrogen-bond acceptors (Lipinski definition) is 4. The van der Waals surface area contributed by atoms with Crippen LogP contribution in [0.25, 0.3) is 0 Å². The zero-order valence-electron chi connectivity index (χ0n) is 14.0. The fourth-order valence-corrected chi connectivity index (χ4v) is 2.13. The van der Waals surface area contributed by atoms with Gasteiger partial charge in [-0.15, -0.1) is 0 Å². The Morgan fingerprint density at radius 3 is 2.04 bits per heavy atom. The monoisotopic (exact) mass is 381 g/mol. The van der Waals surface area contributed by atoms with Gasteiger partial charge in [-0.25, -0.2) is 0 Å². The molecule has 5 heteroatoms. The summed E-state index contributed by atoms with van der Waals surface area (Å²) >= 11 is 0. The molecule has 0 heterocycles. The molecule has 0 aliphatic carbocycles. The Kier molecular flexibility index (Phi) is 9.28. The Morgan fingerprint density at radius 1 is 0.920 bits per heavy atom. The fraction of sp³-hybridized carbons (Fsp3) is 0.200. The number of hydrogen-bond donors (Lipinski definition) is 2. The van der Waals surface area contributed by atoms with Gasteiger partial charge in [0, 0.05) is 40.3 Å². The van der Waals surface area contributed by atoms with Gasteiger partial charge in [0.25, 0.3) is 0 Å². The van der Waals surface area contributed by atoms with Crippen molar-refractivity contribution in [3.05, 3.63) is 71.8 Å². The number of allylic oxidation sites excluding steroid dienone is 1. The second-order valence-electron chi connectivity index (χ2n) is 5.35. The predicted molar refractivity (Wildman–Crippen MR) is 99.5 cm³/mol. The van der Waals surface area contributed by atoms with Crippen LogP contribution in [0.15, 0.2) is 70.7 Å². The normalized spacial score (nSPS) is 12.7. The molecule has 0 aromatic heterocycles. The second-order valence-corrected chi connectivity index (χ2v) is 5.35. The summed E-state index contributed by atoms with van der Waals surface area (Å²) in [6.45, 7) is 2.47. The van der Waals surface area contributed by atoms with Crippen LogP contribution in [0.4, 0.5) is 0 Å². The Hall–Kier alpha value is -2.37. The van der Waals surface area contributed by atoms with Gasteiger partial charge in [-0.2, -0.15) is 0 Å². The summed E-state index contributed by atoms with van der Waals surface area (Å²) < 4.78 is 0. The first kappa shape index (κ1) is 20.7. The van der Waals surface area contributed by atoms with Crippen molar-refractivity contribution >= 4 is 12.4 Å². The molecule has 0 spiro atoms. The average molecular weight is 381 g/mol. The molecule has 25 heavy (non-hydrogen) atoms. The number of aliphatic imine (C=N–C) groups is 2. The van der Waals surface area contributed by atoms with Crippen LogP contribution < -0.4 is 0 Å². The molecule has 1 atom stereocenters. The van der Waals surface area contributed by atoms with Gasteiger partial charge in [-0.1, -0.05) is 36.4 Å². The fourth-order valence-electron chi connectivity index (χ4n) is 2.13. The van der Waals surface area contributed by atoms with E-state index in [-0.39, 0.29) is 34.3 Å². The zero-order valence-corrected chi connectivity index (χ0v) is 15.1. The minimum absolute atomic E-state index is 0. The van der Waals surface area contributed by atoms with Crippen molar-refractivity contribution in [2.45, 2.75) is 19.4 Å². The number of nitrogens with zero attached hydrogens (tertiary/aromatic N) is 2. The van der Waals surface area contributed by atoms with E-state index in [0.717, 1.165) is 6.42 Å². The van der Waals surface area contributed by atoms with Gasteiger partial charge in [0.2, 0.25) is 0 Å². The summed E-state index contributed by atoms with van der Waals surface area (Å²) in [4.78, 5) is 8.93.